The Kier molecular flexibility index (Phi) is 15.7. The van der Waals surface area contributed by atoms with Crippen molar-refractivity contribution in [1.29, 1.82) is 0 Å². The van der Waals surface area contributed by atoms with Crippen molar-refractivity contribution >= 4 is 30.4 Å². The van der Waals surface area contributed by atoms with Crippen LogP contribution < -0.4 is 20.1 Å². The number of carbonyl (C=O) groups excluding carboxylic acids is 2. The maximum atomic E-state index is 11.8. The average molecular weight is 568 g/mol. The van der Waals surface area contributed by atoms with Gasteiger partial charge in [0.1, 0.15) is 17.2 Å². The smallest absolute Gasteiger partial charge is 0.317 e. The second-order valence-electron chi connectivity index (χ2n) is 8.06. The van der Waals surface area contributed by atoms with Crippen LogP contribution in [0.25, 0.3) is 0 Å². The molecular weight excluding hydrogens is 530 g/mol. The van der Waals surface area contributed by atoms with E-state index in [1.807, 2.05) is 13.8 Å². The minimum absolute atomic E-state index is 0.0941. The number of ether oxygens (including phenoxy) is 2. The summed E-state index contributed by atoms with van der Waals surface area (Å²) in [7, 11) is 3.10. The number of carboxylic acids is 1. The Bertz CT molecular complexity index is 1240. The summed E-state index contributed by atoms with van der Waals surface area (Å²) in [5.74, 6) is 1.02. The fourth-order valence-electron chi connectivity index (χ4n) is 2.95. The molecule has 3 aromatic rings. The van der Waals surface area contributed by atoms with Crippen molar-refractivity contribution < 1.29 is 34.1 Å². The second kappa shape index (κ2) is 19.0. The van der Waals surface area contributed by atoms with E-state index in [9.17, 15) is 14.4 Å². The van der Waals surface area contributed by atoms with Crippen LogP contribution in [0.3, 0.4) is 0 Å². The van der Waals surface area contributed by atoms with Gasteiger partial charge in [-0.15, -0.1) is 0 Å². The number of carboxylic acid groups (broad SMARTS) is 1. The summed E-state index contributed by atoms with van der Waals surface area (Å²) in [6.45, 7) is 6.00. The van der Waals surface area contributed by atoms with Gasteiger partial charge < -0.3 is 35.2 Å². The number of phenols is 1. The number of hydrogen-bond donors (Lipinski definition) is 4. The zero-order valence-electron chi connectivity index (χ0n) is 23.8. The van der Waals surface area contributed by atoms with Crippen LogP contribution in [0.4, 0.5) is 10.5 Å². The van der Waals surface area contributed by atoms with E-state index in [-0.39, 0.29) is 24.2 Å². The molecule has 1 heterocycles. The highest BCUT2D eigenvalue weighted by Gasteiger charge is 2.17. The van der Waals surface area contributed by atoms with E-state index in [1.54, 1.807) is 75.8 Å². The molecule has 0 radical (unpaired) electrons. The SMILES string of the molecule is CC.COc1cc(Oc2ccc(N=CNC=O)cc2)ccn1.C[C@@H](CC(=O)O)N(C)C(=O)NCc1ccc(O)cc1. The van der Waals surface area contributed by atoms with E-state index in [2.05, 4.69) is 20.6 Å². The molecule has 4 N–H and O–H groups in total. The predicted molar refractivity (Wildman–Crippen MR) is 156 cm³/mol. The number of methoxy groups -OCH3 is 1. The third kappa shape index (κ3) is 13.5. The number of carbonyl (C=O) groups is 3. The molecule has 0 unspecified atom stereocenters. The molecule has 0 bridgehead atoms. The lowest BCUT2D eigenvalue weighted by molar-refractivity contribution is -0.137. The first-order valence-electron chi connectivity index (χ1n) is 12.7. The molecular formula is C29H37N5O7. The normalized spacial score (nSPS) is 10.6. The van der Waals surface area contributed by atoms with Crippen molar-refractivity contribution in [2.75, 3.05) is 14.2 Å². The average Bonchev–Trinajstić information content (AvgIpc) is 2.98. The number of benzene rings is 2. The molecule has 0 saturated carbocycles. The molecule has 12 nitrogen and oxygen atoms in total. The fourth-order valence-corrected chi connectivity index (χ4v) is 2.95. The number of phenolic OH excluding ortho intramolecular Hbond substituents is 1. The number of nitrogens with one attached hydrogen (secondary N) is 2. The van der Waals surface area contributed by atoms with Crippen molar-refractivity contribution in [3.63, 3.8) is 0 Å². The summed E-state index contributed by atoms with van der Waals surface area (Å²) in [4.78, 5) is 41.8. The summed E-state index contributed by atoms with van der Waals surface area (Å²) in [5.41, 5.74) is 1.56. The molecule has 12 heteroatoms. The summed E-state index contributed by atoms with van der Waals surface area (Å²) >= 11 is 0. The largest absolute Gasteiger partial charge is 0.508 e. The topological polar surface area (TPSA) is 163 Å². The lowest BCUT2D eigenvalue weighted by Gasteiger charge is -2.23. The lowest BCUT2D eigenvalue weighted by Crippen LogP contribution is -2.42. The minimum atomic E-state index is -0.939. The molecule has 0 saturated heterocycles. The number of amides is 3. The van der Waals surface area contributed by atoms with Crippen LogP contribution in [0.1, 0.15) is 32.8 Å². The number of pyridine rings is 1. The molecule has 0 aliphatic rings. The van der Waals surface area contributed by atoms with Gasteiger partial charge in [0.15, 0.2) is 0 Å². The number of nitrogens with zero attached hydrogens (tertiary/aromatic N) is 3. The molecule has 3 amide bonds. The van der Waals surface area contributed by atoms with Gasteiger partial charge in [-0.3, -0.25) is 9.59 Å². The monoisotopic (exact) mass is 567 g/mol. The van der Waals surface area contributed by atoms with Gasteiger partial charge in [-0.05, 0) is 55.0 Å². The number of aromatic hydroxyl groups is 1. The maximum Gasteiger partial charge on any atom is 0.317 e. The van der Waals surface area contributed by atoms with Crippen LogP contribution in [0, 0.1) is 0 Å². The van der Waals surface area contributed by atoms with Crippen LogP contribution in [0.2, 0.25) is 0 Å². The highest BCUT2D eigenvalue weighted by atomic mass is 16.5. The van der Waals surface area contributed by atoms with Gasteiger partial charge in [0.2, 0.25) is 12.3 Å². The Morgan fingerprint density at radius 1 is 1.07 bits per heavy atom. The third-order valence-electron chi connectivity index (χ3n) is 5.18. The van der Waals surface area contributed by atoms with E-state index in [4.69, 9.17) is 19.7 Å². The van der Waals surface area contributed by atoms with E-state index < -0.39 is 5.97 Å². The zero-order chi connectivity index (χ0) is 30.6. The lowest BCUT2D eigenvalue weighted by atomic mass is 10.2. The molecule has 220 valence electrons. The summed E-state index contributed by atoms with van der Waals surface area (Å²) in [6, 6.07) is 16.3. The van der Waals surface area contributed by atoms with Crippen molar-refractivity contribution in [3.8, 4) is 23.1 Å². The zero-order valence-corrected chi connectivity index (χ0v) is 23.8. The van der Waals surface area contributed by atoms with Crippen molar-refractivity contribution in [3.05, 3.63) is 72.4 Å². The van der Waals surface area contributed by atoms with Gasteiger partial charge >= 0.3 is 12.0 Å². The van der Waals surface area contributed by atoms with Gasteiger partial charge in [0, 0.05) is 31.9 Å². The number of hydrogen-bond acceptors (Lipinski definition) is 8. The van der Waals surface area contributed by atoms with Gasteiger partial charge in [-0.1, -0.05) is 26.0 Å². The quantitative estimate of drug-likeness (QED) is 0.147. The highest BCUT2D eigenvalue weighted by Crippen LogP contribution is 2.25. The van der Waals surface area contributed by atoms with E-state index in [0.29, 0.717) is 36.0 Å². The standard InChI is InChI=1S/C14H13N3O3.C13H18N2O4.C2H6/c1-19-14-8-13(6-7-16-14)20-12-4-2-11(3-5-12)17-9-15-10-18;1-9(7-12(17)18)15(2)13(19)14-8-10-3-5-11(16)6-4-10;1-2/h2-10H,1H3,(H,15,17,18);3-6,9,16H,7-8H2,1-2H3,(H,14,19)(H,17,18);1-2H3/t;9-;/m.0./s1. The summed E-state index contributed by atoms with van der Waals surface area (Å²) < 4.78 is 10.7. The van der Waals surface area contributed by atoms with Crippen LogP contribution in [0.5, 0.6) is 23.1 Å². The Balaban J connectivity index is 0.000000387. The van der Waals surface area contributed by atoms with Gasteiger partial charge in [-0.25, -0.2) is 14.8 Å². The van der Waals surface area contributed by atoms with Crippen LogP contribution >= 0.6 is 0 Å². The van der Waals surface area contributed by atoms with Crippen LogP contribution in [-0.4, -0.2) is 65.0 Å². The highest BCUT2D eigenvalue weighted by molar-refractivity contribution is 5.75. The van der Waals surface area contributed by atoms with Crippen molar-refractivity contribution in [2.24, 2.45) is 4.99 Å². The molecule has 0 aliphatic heterocycles. The number of aromatic nitrogens is 1. The van der Waals surface area contributed by atoms with E-state index in [1.165, 1.54) is 23.4 Å². The molecule has 0 spiro atoms. The van der Waals surface area contributed by atoms with Crippen molar-refractivity contribution in [1.82, 2.24) is 20.5 Å². The predicted octanol–water partition coefficient (Wildman–Crippen LogP) is 4.71. The first-order valence-corrected chi connectivity index (χ1v) is 12.7. The maximum absolute atomic E-state index is 11.8. The number of aliphatic carboxylic acids is 1. The molecule has 2 aromatic carbocycles. The molecule has 0 fully saturated rings. The molecule has 3 rings (SSSR count). The number of aliphatic imine (C=N–C) groups is 1. The molecule has 1 aromatic heterocycles. The molecule has 41 heavy (non-hydrogen) atoms. The van der Waals surface area contributed by atoms with Crippen molar-refractivity contribution in [2.45, 2.75) is 39.8 Å². The van der Waals surface area contributed by atoms with Crippen LogP contribution in [-0.2, 0) is 16.1 Å². The van der Waals surface area contributed by atoms with E-state index >= 15 is 0 Å². The van der Waals surface area contributed by atoms with Gasteiger partial charge in [-0.2, -0.15) is 0 Å². The fraction of sp³-hybridized carbons (Fsp3) is 0.276. The van der Waals surface area contributed by atoms with E-state index in [0.717, 1.165) is 5.56 Å². The summed E-state index contributed by atoms with van der Waals surface area (Å²) in [6.07, 6.45) is 3.38. The summed E-state index contributed by atoms with van der Waals surface area (Å²) in [5, 5.41) is 22.8. The first kappa shape index (κ1) is 33.9. The minimum Gasteiger partial charge on any atom is -0.508 e. The van der Waals surface area contributed by atoms with Crippen LogP contribution in [0.15, 0.2) is 71.9 Å². The Morgan fingerprint density at radius 3 is 2.32 bits per heavy atom. The Morgan fingerprint density at radius 2 is 1.73 bits per heavy atom. The second-order valence-corrected chi connectivity index (χ2v) is 8.06. The third-order valence-corrected chi connectivity index (χ3v) is 5.18. The first-order chi connectivity index (χ1) is 19.7. The molecule has 0 aliphatic carbocycles. The number of urea groups is 1. The van der Waals surface area contributed by atoms with Gasteiger partial charge in [0.25, 0.3) is 0 Å². The Hall–Kier alpha value is -5.13. The Labute approximate surface area is 239 Å². The molecule has 1 atom stereocenters. The van der Waals surface area contributed by atoms with Gasteiger partial charge in [0.05, 0.1) is 25.6 Å². The number of rotatable bonds is 11.